The number of carboxylic acid groups (broad SMARTS) is 1. The fourth-order valence-electron chi connectivity index (χ4n) is 1.52. The lowest BCUT2D eigenvalue weighted by Gasteiger charge is -2.22. The van der Waals surface area contributed by atoms with E-state index in [2.05, 4.69) is 5.32 Å². The van der Waals surface area contributed by atoms with E-state index in [0.29, 0.717) is 0 Å². The molecule has 0 aromatic heterocycles. The van der Waals surface area contributed by atoms with Crippen LogP contribution in [0.25, 0.3) is 0 Å². The van der Waals surface area contributed by atoms with E-state index in [9.17, 15) is 9.59 Å². The molecule has 0 heterocycles. The number of carbonyl (C=O) groups is 2. The number of hydrogen-bond acceptors (Lipinski definition) is 3. The molecule has 0 radical (unpaired) electrons. The number of hydrogen-bond donors (Lipinski definition) is 2. The molecule has 1 rings (SSSR count). The third-order valence-electron chi connectivity index (χ3n) is 2.19. The molecular formula is C13H17NO4. The topological polar surface area (TPSA) is 75.6 Å². The van der Waals surface area contributed by atoms with Crippen molar-refractivity contribution in [2.45, 2.75) is 26.3 Å². The molecule has 5 nitrogen and oxygen atoms in total. The van der Waals surface area contributed by atoms with Crippen LogP contribution in [-0.4, -0.2) is 29.6 Å². The standard InChI is InChI=1S/C13H17NO4/c1-13(2,3)14-11(15)10-8(12(16)17)6-5-7-9(10)18-4/h5-7H,1-4H3,(H,14,15)(H,16,17). The zero-order chi connectivity index (χ0) is 13.9. The van der Waals surface area contributed by atoms with Crippen molar-refractivity contribution in [2.75, 3.05) is 7.11 Å². The highest BCUT2D eigenvalue weighted by atomic mass is 16.5. The maximum absolute atomic E-state index is 12.1. The zero-order valence-corrected chi connectivity index (χ0v) is 10.9. The first-order valence-electron chi connectivity index (χ1n) is 5.49. The number of carbonyl (C=O) groups excluding carboxylic acids is 1. The molecule has 2 N–H and O–H groups in total. The number of benzene rings is 1. The maximum atomic E-state index is 12.1. The fraction of sp³-hybridized carbons (Fsp3) is 0.385. The van der Waals surface area contributed by atoms with Crippen LogP contribution in [0.4, 0.5) is 0 Å². The molecule has 0 aliphatic carbocycles. The van der Waals surface area contributed by atoms with Crippen LogP contribution in [0.3, 0.4) is 0 Å². The predicted molar refractivity (Wildman–Crippen MR) is 67.2 cm³/mol. The largest absolute Gasteiger partial charge is 0.496 e. The van der Waals surface area contributed by atoms with Crippen LogP contribution in [0, 0.1) is 0 Å². The summed E-state index contributed by atoms with van der Waals surface area (Å²) < 4.78 is 5.05. The number of rotatable bonds is 3. The van der Waals surface area contributed by atoms with E-state index < -0.39 is 17.4 Å². The van der Waals surface area contributed by atoms with Gasteiger partial charge >= 0.3 is 5.97 Å². The van der Waals surface area contributed by atoms with Crippen molar-refractivity contribution in [3.63, 3.8) is 0 Å². The van der Waals surface area contributed by atoms with Gasteiger partial charge in [-0.1, -0.05) is 6.07 Å². The van der Waals surface area contributed by atoms with Gasteiger partial charge < -0.3 is 15.2 Å². The molecule has 18 heavy (non-hydrogen) atoms. The van der Waals surface area contributed by atoms with Crippen LogP contribution >= 0.6 is 0 Å². The molecule has 0 aliphatic rings. The van der Waals surface area contributed by atoms with Crippen LogP contribution < -0.4 is 10.1 Å². The second-order valence-corrected chi connectivity index (χ2v) is 4.89. The van der Waals surface area contributed by atoms with E-state index >= 15 is 0 Å². The Morgan fingerprint density at radius 3 is 2.33 bits per heavy atom. The van der Waals surface area contributed by atoms with Gasteiger partial charge in [-0.15, -0.1) is 0 Å². The van der Waals surface area contributed by atoms with Gasteiger partial charge in [-0.2, -0.15) is 0 Å². The summed E-state index contributed by atoms with van der Waals surface area (Å²) in [5, 5.41) is 11.8. The Balaban J connectivity index is 3.28. The number of aromatic carboxylic acids is 1. The van der Waals surface area contributed by atoms with Gasteiger partial charge in [-0.3, -0.25) is 4.79 Å². The van der Waals surface area contributed by atoms with E-state index in [1.54, 1.807) is 6.07 Å². The third kappa shape index (κ3) is 3.23. The number of ether oxygens (including phenoxy) is 1. The van der Waals surface area contributed by atoms with Gasteiger partial charge in [0.25, 0.3) is 5.91 Å². The smallest absolute Gasteiger partial charge is 0.336 e. The van der Waals surface area contributed by atoms with Crippen molar-refractivity contribution >= 4 is 11.9 Å². The van der Waals surface area contributed by atoms with Gasteiger partial charge in [0, 0.05) is 5.54 Å². The first-order valence-corrected chi connectivity index (χ1v) is 5.49. The highest BCUT2D eigenvalue weighted by Crippen LogP contribution is 2.23. The highest BCUT2D eigenvalue weighted by molar-refractivity contribution is 6.07. The molecule has 0 spiro atoms. The number of carboxylic acids is 1. The Labute approximate surface area is 106 Å². The lowest BCUT2D eigenvalue weighted by atomic mass is 10.0. The van der Waals surface area contributed by atoms with Crippen molar-refractivity contribution in [1.29, 1.82) is 0 Å². The summed E-state index contributed by atoms with van der Waals surface area (Å²) in [5.74, 6) is -1.37. The molecule has 1 aromatic rings. The molecule has 98 valence electrons. The lowest BCUT2D eigenvalue weighted by Crippen LogP contribution is -2.41. The lowest BCUT2D eigenvalue weighted by molar-refractivity contribution is 0.0689. The second-order valence-electron chi connectivity index (χ2n) is 4.89. The van der Waals surface area contributed by atoms with Gasteiger partial charge in [-0.05, 0) is 32.9 Å². The molecule has 1 amide bonds. The molecule has 5 heteroatoms. The average molecular weight is 251 g/mol. The molecule has 0 atom stereocenters. The average Bonchev–Trinajstić information content (AvgIpc) is 2.25. The van der Waals surface area contributed by atoms with Gasteiger partial charge in [0.15, 0.2) is 0 Å². The second kappa shape index (κ2) is 5.08. The molecule has 0 unspecified atom stereocenters. The van der Waals surface area contributed by atoms with Gasteiger partial charge in [0.2, 0.25) is 0 Å². The van der Waals surface area contributed by atoms with E-state index in [1.165, 1.54) is 19.2 Å². The van der Waals surface area contributed by atoms with Gasteiger partial charge in [0.05, 0.1) is 18.2 Å². The summed E-state index contributed by atoms with van der Waals surface area (Å²) in [6.45, 7) is 5.46. The van der Waals surface area contributed by atoms with Crippen LogP contribution in [0.15, 0.2) is 18.2 Å². The molecular weight excluding hydrogens is 234 g/mol. The maximum Gasteiger partial charge on any atom is 0.336 e. The number of nitrogens with one attached hydrogen (secondary N) is 1. The van der Waals surface area contributed by atoms with E-state index in [1.807, 2.05) is 20.8 Å². The van der Waals surface area contributed by atoms with Crippen LogP contribution in [0.1, 0.15) is 41.5 Å². The molecule has 0 bridgehead atoms. The molecule has 0 saturated heterocycles. The quantitative estimate of drug-likeness (QED) is 0.860. The first kappa shape index (κ1) is 14.0. The summed E-state index contributed by atoms with van der Waals surface area (Å²) in [7, 11) is 1.40. The normalized spacial score (nSPS) is 10.9. The minimum Gasteiger partial charge on any atom is -0.496 e. The Kier molecular flexibility index (Phi) is 3.96. The summed E-state index contributed by atoms with van der Waals surface area (Å²) >= 11 is 0. The third-order valence-corrected chi connectivity index (χ3v) is 2.19. The Bertz CT molecular complexity index is 474. The first-order chi connectivity index (χ1) is 8.26. The Hall–Kier alpha value is -2.04. The summed E-state index contributed by atoms with van der Waals surface area (Å²) in [4.78, 5) is 23.2. The molecule has 0 saturated carbocycles. The zero-order valence-electron chi connectivity index (χ0n) is 10.9. The van der Waals surface area contributed by atoms with E-state index in [-0.39, 0.29) is 16.9 Å². The monoisotopic (exact) mass is 251 g/mol. The number of amides is 1. The Morgan fingerprint density at radius 2 is 1.89 bits per heavy atom. The van der Waals surface area contributed by atoms with Crippen molar-refractivity contribution in [3.8, 4) is 5.75 Å². The van der Waals surface area contributed by atoms with Crippen LogP contribution in [0.5, 0.6) is 5.75 Å². The highest BCUT2D eigenvalue weighted by Gasteiger charge is 2.24. The van der Waals surface area contributed by atoms with E-state index in [0.717, 1.165) is 0 Å². The molecule has 1 aromatic carbocycles. The van der Waals surface area contributed by atoms with Crippen molar-refractivity contribution in [2.24, 2.45) is 0 Å². The van der Waals surface area contributed by atoms with Crippen molar-refractivity contribution < 1.29 is 19.4 Å². The van der Waals surface area contributed by atoms with Gasteiger partial charge in [-0.25, -0.2) is 4.79 Å². The van der Waals surface area contributed by atoms with Gasteiger partial charge in [0.1, 0.15) is 5.75 Å². The Morgan fingerprint density at radius 1 is 1.28 bits per heavy atom. The number of methoxy groups -OCH3 is 1. The summed E-state index contributed by atoms with van der Waals surface area (Å²) in [6, 6.07) is 4.47. The summed E-state index contributed by atoms with van der Waals surface area (Å²) in [5.41, 5.74) is -0.480. The van der Waals surface area contributed by atoms with Crippen LogP contribution in [0.2, 0.25) is 0 Å². The van der Waals surface area contributed by atoms with Crippen molar-refractivity contribution in [3.05, 3.63) is 29.3 Å². The van der Waals surface area contributed by atoms with Crippen molar-refractivity contribution in [1.82, 2.24) is 5.32 Å². The summed E-state index contributed by atoms with van der Waals surface area (Å²) in [6.07, 6.45) is 0. The van der Waals surface area contributed by atoms with Crippen LogP contribution in [-0.2, 0) is 0 Å². The molecule has 0 aliphatic heterocycles. The minimum atomic E-state index is -1.16. The minimum absolute atomic E-state index is 0.0439. The predicted octanol–water partition coefficient (Wildman–Crippen LogP) is 1.92. The van der Waals surface area contributed by atoms with E-state index in [4.69, 9.17) is 9.84 Å². The SMILES string of the molecule is COc1cccc(C(=O)O)c1C(=O)NC(C)(C)C. The fourth-order valence-corrected chi connectivity index (χ4v) is 1.52. The molecule has 0 fully saturated rings.